The molecule has 0 saturated heterocycles. The van der Waals surface area contributed by atoms with Gasteiger partial charge in [0, 0.05) is 29.0 Å². The van der Waals surface area contributed by atoms with Crippen molar-refractivity contribution in [1.82, 2.24) is 0 Å². The Morgan fingerprint density at radius 1 is 1.20 bits per heavy atom. The zero-order valence-electron chi connectivity index (χ0n) is 11.6. The maximum absolute atomic E-state index is 6.15. The number of benzene rings is 2. The fourth-order valence-electron chi connectivity index (χ4n) is 2.92. The van der Waals surface area contributed by atoms with Crippen molar-refractivity contribution in [3.63, 3.8) is 0 Å². The first-order chi connectivity index (χ1) is 9.65. The molecule has 0 bridgehead atoms. The maximum Gasteiger partial charge on any atom is 0.0445 e. The van der Waals surface area contributed by atoms with Gasteiger partial charge in [-0.05, 0) is 55.2 Å². The van der Waals surface area contributed by atoms with Gasteiger partial charge in [-0.1, -0.05) is 29.8 Å². The summed E-state index contributed by atoms with van der Waals surface area (Å²) in [7, 11) is 0. The van der Waals surface area contributed by atoms with Crippen molar-refractivity contribution in [2.24, 2.45) is 5.73 Å². The number of halogens is 1. The minimum atomic E-state index is 0.130. The van der Waals surface area contributed by atoms with Gasteiger partial charge in [0.2, 0.25) is 0 Å². The number of para-hydroxylation sites is 1. The summed E-state index contributed by atoms with van der Waals surface area (Å²) in [4.78, 5) is 2.38. The monoisotopic (exact) mass is 286 g/mol. The first-order valence-electron chi connectivity index (χ1n) is 7.04. The van der Waals surface area contributed by atoms with Gasteiger partial charge in [0.05, 0.1) is 0 Å². The first kappa shape index (κ1) is 13.5. The van der Waals surface area contributed by atoms with Crippen molar-refractivity contribution < 1.29 is 0 Å². The number of fused-ring (bicyclic) bond motifs is 1. The zero-order chi connectivity index (χ0) is 14.1. The van der Waals surface area contributed by atoms with E-state index in [1.165, 1.54) is 22.5 Å². The van der Waals surface area contributed by atoms with Crippen molar-refractivity contribution in [1.29, 1.82) is 0 Å². The highest BCUT2D eigenvalue weighted by Crippen LogP contribution is 2.37. The lowest BCUT2D eigenvalue weighted by Gasteiger charge is -2.24. The van der Waals surface area contributed by atoms with Crippen LogP contribution in [0.15, 0.2) is 42.5 Å². The molecule has 3 heteroatoms. The lowest BCUT2D eigenvalue weighted by molar-refractivity contribution is 0.736. The molecule has 1 aliphatic rings. The van der Waals surface area contributed by atoms with Crippen LogP contribution in [0.4, 0.5) is 11.4 Å². The predicted octanol–water partition coefficient (Wildman–Crippen LogP) is 3.92. The van der Waals surface area contributed by atoms with E-state index >= 15 is 0 Å². The normalized spacial score (nSPS) is 15.2. The Balaban J connectivity index is 2.03. The van der Waals surface area contributed by atoms with E-state index in [1.54, 1.807) is 0 Å². The molecule has 2 N–H and O–H groups in total. The van der Waals surface area contributed by atoms with Gasteiger partial charge in [0.15, 0.2) is 0 Å². The van der Waals surface area contributed by atoms with Gasteiger partial charge in [-0.3, -0.25) is 0 Å². The molecular weight excluding hydrogens is 268 g/mol. The van der Waals surface area contributed by atoms with E-state index in [0.717, 1.165) is 24.4 Å². The highest BCUT2D eigenvalue weighted by atomic mass is 35.5. The summed E-state index contributed by atoms with van der Waals surface area (Å²) in [5, 5.41) is 0.775. The minimum Gasteiger partial charge on any atom is -0.341 e. The Bertz CT molecular complexity index is 622. The molecule has 104 valence electrons. The molecule has 0 saturated carbocycles. The molecule has 2 nitrogen and oxygen atoms in total. The molecule has 0 spiro atoms. The molecule has 0 amide bonds. The average Bonchev–Trinajstić information content (AvgIpc) is 2.82. The van der Waals surface area contributed by atoms with Gasteiger partial charge in [0.1, 0.15) is 0 Å². The van der Waals surface area contributed by atoms with Crippen LogP contribution in [0.25, 0.3) is 0 Å². The summed E-state index contributed by atoms with van der Waals surface area (Å²) in [5.74, 6) is 0. The fraction of sp³-hybridized carbons (Fsp3) is 0.294. The van der Waals surface area contributed by atoms with E-state index in [9.17, 15) is 0 Å². The van der Waals surface area contributed by atoms with E-state index in [-0.39, 0.29) is 6.04 Å². The van der Waals surface area contributed by atoms with Crippen molar-refractivity contribution in [3.8, 4) is 0 Å². The standard InChI is InChI=1S/C17H19ClN2/c1-12(19)10-14-11-15(18)6-7-17(14)20-9-8-13-4-2-3-5-16(13)20/h2-7,11-12H,8-10,19H2,1H3. The molecule has 3 rings (SSSR count). The predicted molar refractivity (Wildman–Crippen MR) is 86.0 cm³/mol. The Morgan fingerprint density at radius 2 is 2.00 bits per heavy atom. The van der Waals surface area contributed by atoms with Gasteiger partial charge in [-0.2, -0.15) is 0 Å². The second-order valence-electron chi connectivity index (χ2n) is 5.48. The smallest absolute Gasteiger partial charge is 0.0445 e. The van der Waals surface area contributed by atoms with E-state index in [2.05, 4.69) is 35.2 Å². The van der Waals surface area contributed by atoms with E-state index < -0.39 is 0 Å². The lowest BCUT2D eigenvalue weighted by Crippen LogP contribution is -2.21. The Labute approximate surface area is 125 Å². The van der Waals surface area contributed by atoms with Crippen LogP contribution in [0.5, 0.6) is 0 Å². The molecule has 20 heavy (non-hydrogen) atoms. The molecule has 1 atom stereocenters. The highest BCUT2D eigenvalue weighted by molar-refractivity contribution is 6.30. The zero-order valence-corrected chi connectivity index (χ0v) is 12.4. The second kappa shape index (κ2) is 5.47. The van der Waals surface area contributed by atoms with Crippen LogP contribution >= 0.6 is 11.6 Å². The van der Waals surface area contributed by atoms with Crippen LogP contribution in [0.1, 0.15) is 18.1 Å². The minimum absolute atomic E-state index is 0.130. The van der Waals surface area contributed by atoms with Crippen LogP contribution in [-0.2, 0) is 12.8 Å². The molecular formula is C17H19ClN2. The molecule has 0 aliphatic carbocycles. The van der Waals surface area contributed by atoms with Crippen LogP contribution in [0.2, 0.25) is 5.02 Å². The van der Waals surface area contributed by atoms with E-state index in [4.69, 9.17) is 17.3 Å². The van der Waals surface area contributed by atoms with Gasteiger partial charge in [-0.15, -0.1) is 0 Å². The number of nitrogens with two attached hydrogens (primary N) is 1. The molecule has 1 unspecified atom stereocenters. The van der Waals surface area contributed by atoms with Crippen molar-refractivity contribution in [2.45, 2.75) is 25.8 Å². The van der Waals surface area contributed by atoms with Crippen molar-refractivity contribution >= 4 is 23.0 Å². The fourth-order valence-corrected chi connectivity index (χ4v) is 3.11. The maximum atomic E-state index is 6.15. The number of hydrogen-bond donors (Lipinski definition) is 1. The largest absolute Gasteiger partial charge is 0.341 e. The molecule has 1 heterocycles. The highest BCUT2D eigenvalue weighted by Gasteiger charge is 2.22. The quantitative estimate of drug-likeness (QED) is 0.926. The van der Waals surface area contributed by atoms with Crippen molar-refractivity contribution in [3.05, 3.63) is 58.6 Å². The van der Waals surface area contributed by atoms with Gasteiger partial charge >= 0.3 is 0 Å². The number of nitrogens with zero attached hydrogens (tertiary/aromatic N) is 1. The van der Waals surface area contributed by atoms with Crippen LogP contribution in [-0.4, -0.2) is 12.6 Å². The second-order valence-corrected chi connectivity index (χ2v) is 5.92. The van der Waals surface area contributed by atoms with E-state index in [0.29, 0.717) is 0 Å². The molecule has 0 radical (unpaired) electrons. The van der Waals surface area contributed by atoms with Crippen molar-refractivity contribution in [2.75, 3.05) is 11.4 Å². The Morgan fingerprint density at radius 3 is 2.80 bits per heavy atom. The average molecular weight is 287 g/mol. The summed E-state index contributed by atoms with van der Waals surface area (Å²) in [5.41, 5.74) is 11.2. The third-order valence-electron chi connectivity index (χ3n) is 3.76. The molecule has 1 aliphatic heterocycles. The third kappa shape index (κ3) is 2.54. The summed E-state index contributed by atoms with van der Waals surface area (Å²) >= 11 is 6.15. The molecule has 0 fully saturated rings. The number of hydrogen-bond acceptors (Lipinski definition) is 2. The number of anilines is 2. The summed E-state index contributed by atoms with van der Waals surface area (Å²) in [6, 6.07) is 14.8. The topological polar surface area (TPSA) is 29.3 Å². The van der Waals surface area contributed by atoms with Gasteiger partial charge in [0.25, 0.3) is 0 Å². The Hall–Kier alpha value is -1.51. The summed E-state index contributed by atoms with van der Waals surface area (Å²) in [6.45, 7) is 3.05. The first-order valence-corrected chi connectivity index (χ1v) is 7.42. The molecule has 0 aromatic heterocycles. The summed E-state index contributed by atoms with van der Waals surface area (Å²) in [6.07, 6.45) is 1.94. The van der Waals surface area contributed by atoms with E-state index in [1.807, 2.05) is 19.1 Å². The van der Waals surface area contributed by atoms with Crippen LogP contribution in [0.3, 0.4) is 0 Å². The van der Waals surface area contributed by atoms with Gasteiger partial charge in [-0.25, -0.2) is 0 Å². The van der Waals surface area contributed by atoms with Crippen LogP contribution in [0, 0.1) is 0 Å². The molecule has 2 aromatic carbocycles. The number of rotatable bonds is 3. The molecule has 2 aromatic rings. The van der Waals surface area contributed by atoms with Crippen LogP contribution < -0.4 is 10.6 Å². The Kier molecular flexibility index (Phi) is 3.68. The lowest BCUT2D eigenvalue weighted by atomic mass is 10.0. The van der Waals surface area contributed by atoms with Gasteiger partial charge < -0.3 is 10.6 Å². The third-order valence-corrected chi connectivity index (χ3v) is 4.00. The SMILES string of the molecule is CC(N)Cc1cc(Cl)ccc1N1CCc2ccccc21. The summed E-state index contributed by atoms with van der Waals surface area (Å²) < 4.78 is 0.